The quantitative estimate of drug-likeness (QED) is 0.851. The number of anilines is 1. The van der Waals surface area contributed by atoms with Gasteiger partial charge in [0.25, 0.3) is 0 Å². The van der Waals surface area contributed by atoms with Crippen LogP contribution >= 0.6 is 0 Å². The van der Waals surface area contributed by atoms with E-state index in [1.807, 2.05) is 0 Å². The number of pyridine rings is 1. The summed E-state index contributed by atoms with van der Waals surface area (Å²) in [6.07, 6.45) is 2.47. The van der Waals surface area contributed by atoms with E-state index in [2.05, 4.69) is 31.1 Å². The van der Waals surface area contributed by atoms with Crippen molar-refractivity contribution in [3.05, 3.63) is 24.1 Å². The number of rotatable bonds is 3. The zero-order chi connectivity index (χ0) is 13.9. The van der Waals surface area contributed by atoms with E-state index in [1.54, 1.807) is 12.1 Å². The summed E-state index contributed by atoms with van der Waals surface area (Å²) in [5.74, 6) is 0.592. The van der Waals surface area contributed by atoms with Gasteiger partial charge in [0.15, 0.2) is 0 Å². The number of hydrogen-bond acceptors (Lipinski definition) is 3. The van der Waals surface area contributed by atoms with Crippen LogP contribution in [0, 0.1) is 17.3 Å². The van der Waals surface area contributed by atoms with Gasteiger partial charge in [-0.3, -0.25) is 0 Å². The lowest BCUT2D eigenvalue weighted by Gasteiger charge is -2.40. The largest absolute Gasteiger partial charge is 0.377 e. The Balaban J connectivity index is 1.97. The molecule has 1 N–H and O–H groups in total. The summed E-state index contributed by atoms with van der Waals surface area (Å²) in [6.45, 7) is 8.23. The topological polar surface area (TPSA) is 34.1 Å². The number of hydrogen-bond donors (Lipinski definition) is 1. The molecule has 0 saturated carbocycles. The number of ether oxygens (including phenoxy) is 1. The zero-order valence-corrected chi connectivity index (χ0v) is 11.9. The van der Waals surface area contributed by atoms with Crippen LogP contribution in [0.5, 0.6) is 0 Å². The van der Waals surface area contributed by atoms with Crippen LogP contribution in [0.25, 0.3) is 0 Å². The van der Waals surface area contributed by atoms with E-state index in [0.29, 0.717) is 11.7 Å². The second-order valence-corrected chi connectivity index (χ2v) is 6.29. The maximum Gasteiger partial charge on any atom is 0.214 e. The Hall–Kier alpha value is -1.16. The van der Waals surface area contributed by atoms with Crippen molar-refractivity contribution in [2.75, 3.05) is 18.5 Å². The summed E-state index contributed by atoms with van der Waals surface area (Å²) in [5, 5.41) is 3.23. The first-order chi connectivity index (χ1) is 8.97. The maximum absolute atomic E-state index is 13.0. The van der Waals surface area contributed by atoms with Gasteiger partial charge in [-0.2, -0.15) is 4.39 Å². The maximum atomic E-state index is 13.0. The molecule has 1 aromatic rings. The van der Waals surface area contributed by atoms with Crippen LogP contribution in [-0.2, 0) is 4.74 Å². The molecular formula is C15H23FN2O. The van der Waals surface area contributed by atoms with Crippen molar-refractivity contribution in [3.63, 3.8) is 0 Å². The molecule has 2 heterocycles. The molecule has 0 spiro atoms. The molecule has 1 fully saturated rings. The average molecular weight is 266 g/mol. The van der Waals surface area contributed by atoms with Gasteiger partial charge in [-0.1, -0.05) is 26.8 Å². The second-order valence-electron chi connectivity index (χ2n) is 6.29. The number of aromatic nitrogens is 1. The van der Waals surface area contributed by atoms with Crippen molar-refractivity contribution in [2.24, 2.45) is 11.3 Å². The lowest BCUT2D eigenvalue weighted by molar-refractivity contribution is -0.0814. The molecule has 1 aliphatic heterocycles. The smallest absolute Gasteiger partial charge is 0.214 e. The van der Waals surface area contributed by atoms with Gasteiger partial charge >= 0.3 is 0 Å². The lowest BCUT2D eigenvalue weighted by atomic mass is 9.78. The SMILES string of the molecule is CC(C)(C)C1OCCCC1CNc1cccc(F)n1. The van der Waals surface area contributed by atoms with Crippen molar-refractivity contribution in [2.45, 2.75) is 39.7 Å². The highest BCUT2D eigenvalue weighted by Crippen LogP contribution is 2.34. The summed E-state index contributed by atoms with van der Waals surface area (Å²) in [7, 11) is 0. The second kappa shape index (κ2) is 5.87. The highest BCUT2D eigenvalue weighted by atomic mass is 19.1. The number of halogens is 1. The van der Waals surface area contributed by atoms with Crippen LogP contribution in [-0.4, -0.2) is 24.2 Å². The van der Waals surface area contributed by atoms with Gasteiger partial charge < -0.3 is 10.1 Å². The van der Waals surface area contributed by atoms with E-state index in [0.717, 1.165) is 26.0 Å². The van der Waals surface area contributed by atoms with Crippen LogP contribution in [0.1, 0.15) is 33.6 Å². The summed E-state index contributed by atoms with van der Waals surface area (Å²) in [4.78, 5) is 3.83. The standard InChI is InChI=1S/C15H23FN2O/c1-15(2,3)14-11(6-5-9-19-14)10-17-13-8-4-7-12(16)18-13/h4,7-8,11,14H,5-6,9-10H2,1-3H3,(H,17,18). The average Bonchev–Trinajstić information content (AvgIpc) is 2.36. The highest BCUT2D eigenvalue weighted by Gasteiger charge is 2.35. The van der Waals surface area contributed by atoms with E-state index in [1.165, 1.54) is 6.07 Å². The molecule has 0 radical (unpaired) electrons. The van der Waals surface area contributed by atoms with E-state index in [-0.39, 0.29) is 11.5 Å². The minimum atomic E-state index is -0.447. The Kier molecular flexibility index (Phi) is 4.40. The van der Waals surface area contributed by atoms with E-state index >= 15 is 0 Å². The first-order valence-electron chi connectivity index (χ1n) is 6.95. The molecule has 1 saturated heterocycles. The molecule has 19 heavy (non-hydrogen) atoms. The Morgan fingerprint density at radius 2 is 2.21 bits per heavy atom. The van der Waals surface area contributed by atoms with Crippen molar-refractivity contribution < 1.29 is 9.13 Å². The van der Waals surface area contributed by atoms with Gasteiger partial charge in [0.05, 0.1) is 6.10 Å². The Morgan fingerprint density at radius 1 is 1.42 bits per heavy atom. The fourth-order valence-corrected chi connectivity index (χ4v) is 2.75. The molecule has 2 unspecified atom stereocenters. The molecule has 0 aliphatic carbocycles. The minimum Gasteiger partial charge on any atom is -0.377 e. The van der Waals surface area contributed by atoms with E-state index in [4.69, 9.17) is 4.74 Å². The minimum absolute atomic E-state index is 0.127. The number of nitrogens with zero attached hydrogens (tertiary/aromatic N) is 1. The molecule has 1 aliphatic rings. The van der Waals surface area contributed by atoms with Gasteiger partial charge in [-0.25, -0.2) is 4.98 Å². The van der Waals surface area contributed by atoms with Crippen molar-refractivity contribution in [1.29, 1.82) is 0 Å². The van der Waals surface area contributed by atoms with Gasteiger partial charge in [0, 0.05) is 19.1 Å². The lowest BCUT2D eigenvalue weighted by Crippen LogP contribution is -2.42. The Labute approximate surface area is 114 Å². The summed E-state index contributed by atoms with van der Waals surface area (Å²) in [6, 6.07) is 4.81. The summed E-state index contributed by atoms with van der Waals surface area (Å²) >= 11 is 0. The third-order valence-electron chi connectivity index (χ3n) is 3.56. The van der Waals surface area contributed by atoms with E-state index in [9.17, 15) is 4.39 Å². The number of nitrogens with one attached hydrogen (secondary N) is 1. The predicted octanol–water partition coefficient (Wildman–Crippen LogP) is 3.47. The van der Waals surface area contributed by atoms with Gasteiger partial charge in [0.2, 0.25) is 5.95 Å². The first kappa shape index (κ1) is 14.3. The molecule has 4 heteroatoms. The molecule has 0 bridgehead atoms. The molecule has 2 atom stereocenters. The monoisotopic (exact) mass is 266 g/mol. The van der Waals surface area contributed by atoms with Crippen LogP contribution in [0.3, 0.4) is 0 Å². The molecule has 2 rings (SSSR count). The highest BCUT2D eigenvalue weighted by molar-refractivity contribution is 5.33. The van der Waals surface area contributed by atoms with Crippen LogP contribution in [0.2, 0.25) is 0 Å². The third-order valence-corrected chi connectivity index (χ3v) is 3.56. The van der Waals surface area contributed by atoms with Crippen molar-refractivity contribution in [1.82, 2.24) is 4.98 Å². The molecule has 0 aromatic carbocycles. The van der Waals surface area contributed by atoms with Gasteiger partial charge in [-0.15, -0.1) is 0 Å². The van der Waals surface area contributed by atoms with Crippen molar-refractivity contribution in [3.8, 4) is 0 Å². The Bertz CT molecular complexity index is 417. The summed E-state index contributed by atoms with van der Waals surface area (Å²) < 4.78 is 19.0. The summed E-state index contributed by atoms with van der Waals surface area (Å²) in [5.41, 5.74) is 0.127. The fourth-order valence-electron chi connectivity index (χ4n) is 2.75. The van der Waals surface area contributed by atoms with E-state index < -0.39 is 5.95 Å². The van der Waals surface area contributed by atoms with Gasteiger partial charge in [0.1, 0.15) is 5.82 Å². The van der Waals surface area contributed by atoms with Crippen molar-refractivity contribution >= 4 is 5.82 Å². The normalized spacial score (nSPS) is 24.2. The first-order valence-corrected chi connectivity index (χ1v) is 6.95. The molecule has 1 aromatic heterocycles. The molecule has 106 valence electrons. The van der Waals surface area contributed by atoms with Gasteiger partial charge in [-0.05, 0) is 30.4 Å². The van der Waals surface area contributed by atoms with Crippen LogP contribution < -0.4 is 5.32 Å². The molecular weight excluding hydrogens is 243 g/mol. The molecule has 3 nitrogen and oxygen atoms in total. The molecule has 0 amide bonds. The zero-order valence-electron chi connectivity index (χ0n) is 11.9. The third kappa shape index (κ3) is 3.90. The predicted molar refractivity (Wildman–Crippen MR) is 74.6 cm³/mol. The van der Waals surface area contributed by atoms with Crippen LogP contribution in [0.4, 0.5) is 10.2 Å². The Morgan fingerprint density at radius 3 is 2.89 bits per heavy atom. The fraction of sp³-hybridized carbons (Fsp3) is 0.667. The van der Waals surface area contributed by atoms with Crippen LogP contribution in [0.15, 0.2) is 18.2 Å².